The maximum absolute atomic E-state index is 13.0. The van der Waals surface area contributed by atoms with Gasteiger partial charge in [0, 0.05) is 25.9 Å². The van der Waals surface area contributed by atoms with E-state index in [0.29, 0.717) is 24.5 Å². The normalized spacial score (nSPS) is 17.2. The Bertz CT molecular complexity index is 1000. The SMILES string of the molecule is Cc1ccc([C@@]2(NC(=O)c3ccnn3C)CCOc3cccnc32)cc1.O=CO. The first kappa shape index (κ1) is 20.1. The number of fused-ring (bicyclic) bond motifs is 1. The van der Waals surface area contributed by atoms with Gasteiger partial charge in [0.25, 0.3) is 12.4 Å². The number of amides is 1. The minimum atomic E-state index is -0.746. The van der Waals surface area contributed by atoms with Crippen molar-refractivity contribution in [3.8, 4) is 5.75 Å². The largest absolute Gasteiger partial charge is 0.491 e. The van der Waals surface area contributed by atoms with Crippen LogP contribution in [-0.4, -0.2) is 38.9 Å². The van der Waals surface area contributed by atoms with Crippen LogP contribution < -0.4 is 10.1 Å². The van der Waals surface area contributed by atoms with Crippen LogP contribution >= 0.6 is 0 Å². The second-order valence-electron chi connectivity index (χ2n) is 6.62. The Morgan fingerprint density at radius 1 is 1.24 bits per heavy atom. The van der Waals surface area contributed by atoms with E-state index >= 15 is 0 Å². The summed E-state index contributed by atoms with van der Waals surface area (Å²) in [5.74, 6) is 0.508. The highest BCUT2D eigenvalue weighted by Gasteiger charge is 2.42. The number of benzene rings is 1. The average molecular weight is 394 g/mol. The molecule has 2 N–H and O–H groups in total. The van der Waals surface area contributed by atoms with Crippen molar-refractivity contribution in [1.82, 2.24) is 20.1 Å². The fourth-order valence-corrected chi connectivity index (χ4v) is 3.43. The average Bonchev–Trinajstić information content (AvgIpc) is 3.15. The van der Waals surface area contributed by atoms with Gasteiger partial charge in [-0.25, -0.2) is 0 Å². The lowest BCUT2D eigenvalue weighted by molar-refractivity contribution is -0.122. The van der Waals surface area contributed by atoms with Crippen LogP contribution in [-0.2, 0) is 17.4 Å². The standard InChI is InChI=1S/C20H20N4O2.CH2O2/c1-14-5-7-15(8-6-14)20(23-19(25)16-9-12-22-24(16)2)10-13-26-17-4-3-11-21-18(17)20;2-1-3/h3-9,11-12H,10,13H2,1-2H3,(H,23,25);1H,(H,2,3)/t20-;/m0./s1. The molecule has 0 saturated heterocycles. The molecule has 1 aliphatic rings. The number of aryl methyl sites for hydroxylation is 2. The first-order chi connectivity index (χ1) is 14.0. The molecule has 3 heterocycles. The number of carbonyl (C=O) groups is 2. The first-order valence-corrected chi connectivity index (χ1v) is 9.05. The van der Waals surface area contributed by atoms with Crippen molar-refractivity contribution >= 4 is 12.4 Å². The Hall–Kier alpha value is -3.68. The van der Waals surface area contributed by atoms with Crippen molar-refractivity contribution < 1.29 is 19.4 Å². The molecule has 0 radical (unpaired) electrons. The fourth-order valence-electron chi connectivity index (χ4n) is 3.43. The zero-order valence-electron chi connectivity index (χ0n) is 16.2. The van der Waals surface area contributed by atoms with Crippen LogP contribution in [0.25, 0.3) is 0 Å². The molecule has 8 nitrogen and oxygen atoms in total. The smallest absolute Gasteiger partial charge is 0.290 e. The first-order valence-electron chi connectivity index (χ1n) is 9.05. The van der Waals surface area contributed by atoms with Gasteiger partial charge in [-0.05, 0) is 30.7 Å². The van der Waals surface area contributed by atoms with Crippen molar-refractivity contribution in [3.05, 3.63) is 77.4 Å². The van der Waals surface area contributed by atoms with Crippen molar-refractivity contribution in [3.63, 3.8) is 0 Å². The number of hydrogen-bond donors (Lipinski definition) is 2. The molecule has 8 heteroatoms. The van der Waals surface area contributed by atoms with Gasteiger partial charge >= 0.3 is 0 Å². The van der Waals surface area contributed by atoms with Gasteiger partial charge < -0.3 is 15.2 Å². The summed E-state index contributed by atoms with van der Waals surface area (Å²) >= 11 is 0. The molecule has 2 aromatic heterocycles. The van der Waals surface area contributed by atoms with Crippen LogP contribution in [0, 0.1) is 6.92 Å². The number of rotatable bonds is 3. The van der Waals surface area contributed by atoms with E-state index in [9.17, 15) is 4.79 Å². The molecule has 1 amide bonds. The second-order valence-corrected chi connectivity index (χ2v) is 6.62. The van der Waals surface area contributed by atoms with E-state index in [1.165, 1.54) is 0 Å². The summed E-state index contributed by atoms with van der Waals surface area (Å²) in [6.45, 7) is 2.29. The monoisotopic (exact) mass is 394 g/mol. The van der Waals surface area contributed by atoms with E-state index in [2.05, 4.69) is 15.4 Å². The van der Waals surface area contributed by atoms with Crippen LogP contribution in [0.3, 0.4) is 0 Å². The highest BCUT2D eigenvalue weighted by Crippen LogP contribution is 2.40. The van der Waals surface area contributed by atoms with Crippen LogP contribution in [0.5, 0.6) is 5.75 Å². The Labute approximate surface area is 168 Å². The Morgan fingerprint density at radius 2 is 1.97 bits per heavy atom. The van der Waals surface area contributed by atoms with Crippen LogP contribution in [0.4, 0.5) is 0 Å². The molecule has 3 aromatic rings. The molecule has 1 aromatic carbocycles. The minimum absolute atomic E-state index is 0.191. The van der Waals surface area contributed by atoms with Crippen LogP contribution in [0.1, 0.15) is 33.7 Å². The molecule has 1 aliphatic heterocycles. The lowest BCUT2D eigenvalue weighted by atomic mass is 9.81. The summed E-state index contributed by atoms with van der Waals surface area (Å²) in [7, 11) is 1.75. The lowest BCUT2D eigenvalue weighted by Crippen LogP contribution is -2.50. The maximum atomic E-state index is 13.0. The number of nitrogens with one attached hydrogen (secondary N) is 1. The number of pyridine rings is 1. The zero-order valence-corrected chi connectivity index (χ0v) is 16.2. The maximum Gasteiger partial charge on any atom is 0.290 e. The molecule has 0 aliphatic carbocycles. The predicted molar refractivity (Wildman–Crippen MR) is 106 cm³/mol. The fraction of sp³-hybridized carbons (Fsp3) is 0.238. The summed E-state index contributed by atoms with van der Waals surface area (Å²) in [5.41, 5.74) is 2.63. The summed E-state index contributed by atoms with van der Waals surface area (Å²) in [6.07, 6.45) is 3.94. The van der Waals surface area contributed by atoms with Crippen molar-refractivity contribution in [2.45, 2.75) is 18.9 Å². The molecule has 0 saturated carbocycles. The molecule has 1 atom stereocenters. The Kier molecular flexibility index (Phi) is 5.92. The van der Waals surface area contributed by atoms with Gasteiger partial charge in [-0.1, -0.05) is 29.8 Å². The number of aromatic nitrogens is 3. The van der Waals surface area contributed by atoms with Crippen molar-refractivity contribution in [2.24, 2.45) is 7.05 Å². The number of carboxylic acid groups (broad SMARTS) is 1. The lowest BCUT2D eigenvalue weighted by Gasteiger charge is -2.39. The number of ether oxygens (including phenoxy) is 1. The third-order valence-electron chi connectivity index (χ3n) is 4.83. The molecular formula is C21H22N4O4. The molecule has 0 bridgehead atoms. The summed E-state index contributed by atoms with van der Waals surface area (Å²) in [4.78, 5) is 25.9. The van der Waals surface area contributed by atoms with Gasteiger partial charge in [0.15, 0.2) is 0 Å². The van der Waals surface area contributed by atoms with Crippen LogP contribution in [0.2, 0.25) is 0 Å². The third kappa shape index (κ3) is 3.96. The number of carbonyl (C=O) groups excluding carboxylic acids is 1. The van der Waals surface area contributed by atoms with E-state index in [1.54, 1.807) is 30.2 Å². The van der Waals surface area contributed by atoms with Crippen LogP contribution in [0.15, 0.2) is 54.9 Å². The van der Waals surface area contributed by atoms with E-state index in [0.717, 1.165) is 16.8 Å². The predicted octanol–water partition coefficient (Wildman–Crippen LogP) is 2.28. The van der Waals surface area contributed by atoms with E-state index in [1.807, 2.05) is 43.3 Å². The highest BCUT2D eigenvalue weighted by molar-refractivity contribution is 5.93. The van der Waals surface area contributed by atoms with Crippen molar-refractivity contribution in [2.75, 3.05) is 6.61 Å². The second kappa shape index (κ2) is 8.55. The summed E-state index contributed by atoms with van der Waals surface area (Å²) < 4.78 is 7.35. The Morgan fingerprint density at radius 3 is 2.62 bits per heavy atom. The van der Waals surface area contributed by atoms with Crippen molar-refractivity contribution in [1.29, 1.82) is 0 Å². The molecule has 0 unspecified atom stereocenters. The van der Waals surface area contributed by atoms with Gasteiger partial charge in [-0.2, -0.15) is 5.10 Å². The van der Waals surface area contributed by atoms with Gasteiger partial charge in [-0.15, -0.1) is 0 Å². The van der Waals surface area contributed by atoms with E-state index in [4.69, 9.17) is 14.6 Å². The van der Waals surface area contributed by atoms with Gasteiger partial charge in [0.05, 0.1) is 6.61 Å². The molecule has 150 valence electrons. The minimum Gasteiger partial charge on any atom is -0.491 e. The summed E-state index contributed by atoms with van der Waals surface area (Å²) in [5, 5.41) is 14.2. The molecule has 0 fully saturated rings. The molecular weight excluding hydrogens is 372 g/mol. The van der Waals surface area contributed by atoms with Gasteiger partial charge in [0.1, 0.15) is 22.7 Å². The summed E-state index contributed by atoms with van der Waals surface area (Å²) in [6, 6.07) is 13.6. The third-order valence-corrected chi connectivity index (χ3v) is 4.83. The van der Waals surface area contributed by atoms with Gasteiger partial charge in [-0.3, -0.25) is 19.3 Å². The van der Waals surface area contributed by atoms with Gasteiger partial charge in [0.2, 0.25) is 0 Å². The quantitative estimate of drug-likeness (QED) is 0.660. The highest BCUT2D eigenvalue weighted by atomic mass is 16.5. The molecule has 29 heavy (non-hydrogen) atoms. The zero-order chi connectivity index (χ0) is 20.9. The van der Waals surface area contributed by atoms with E-state index in [-0.39, 0.29) is 12.4 Å². The Balaban J connectivity index is 0.000000755. The number of nitrogens with zero attached hydrogens (tertiary/aromatic N) is 3. The molecule has 4 rings (SSSR count). The number of hydrogen-bond acceptors (Lipinski definition) is 5. The molecule has 0 spiro atoms. The van der Waals surface area contributed by atoms with E-state index < -0.39 is 5.54 Å². The topological polar surface area (TPSA) is 106 Å².